The first kappa shape index (κ1) is 21.6. The number of nitrogens with zero attached hydrogens (tertiary/aromatic N) is 6. The molecule has 4 rings (SSSR count). The molecule has 4 heterocycles. The summed E-state index contributed by atoms with van der Waals surface area (Å²) >= 11 is 22.4. The molecule has 0 aliphatic heterocycles. The van der Waals surface area contributed by atoms with Crippen molar-refractivity contribution in [1.82, 2.24) is 29.9 Å². The first-order valence-electron chi connectivity index (χ1n) is 8.19. The average molecular weight is 512 g/mol. The molecule has 150 valence electrons. The van der Waals surface area contributed by atoms with Crippen LogP contribution >= 0.6 is 70.1 Å². The second-order valence-corrected chi connectivity index (χ2v) is 9.45. The quantitative estimate of drug-likeness (QED) is 0.289. The summed E-state index contributed by atoms with van der Waals surface area (Å²) in [7, 11) is 0. The summed E-state index contributed by atoms with van der Waals surface area (Å²) < 4.78 is 0. The number of hydrogen-bond acceptors (Lipinski definition) is 9. The van der Waals surface area contributed by atoms with E-state index >= 15 is 0 Å². The van der Waals surface area contributed by atoms with E-state index in [1.165, 1.54) is 35.3 Å². The molecule has 0 saturated heterocycles. The molecule has 0 aliphatic rings. The third-order valence-electron chi connectivity index (χ3n) is 3.31. The Morgan fingerprint density at radius 1 is 0.500 bits per heavy atom. The van der Waals surface area contributed by atoms with E-state index in [1.54, 1.807) is 55.0 Å². The zero-order valence-corrected chi connectivity index (χ0v) is 19.5. The molecule has 0 N–H and O–H groups in total. The molecule has 4 aromatic rings. The van der Waals surface area contributed by atoms with Gasteiger partial charge in [-0.25, -0.2) is 15.0 Å². The lowest BCUT2D eigenvalue weighted by Crippen LogP contribution is -1.98. The first-order valence-corrected chi connectivity index (χ1v) is 11.8. The zero-order valence-electron chi connectivity index (χ0n) is 14.7. The number of aromatic nitrogens is 6. The van der Waals surface area contributed by atoms with E-state index in [0.29, 0.717) is 45.6 Å². The Morgan fingerprint density at radius 2 is 0.800 bits per heavy atom. The summed E-state index contributed by atoms with van der Waals surface area (Å²) in [5.41, 5.74) is 0. The van der Waals surface area contributed by atoms with Crippen LogP contribution in [0.15, 0.2) is 85.5 Å². The van der Waals surface area contributed by atoms with E-state index in [4.69, 9.17) is 34.8 Å². The van der Waals surface area contributed by atoms with Crippen molar-refractivity contribution in [3.8, 4) is 0 Å². The molecule has 4 aromatic heterocycles. The summed E-state index contributed by atoms with van der Waals surface area (Å²) in [5, 5.41) is 4.56. The van der Waals surface area contributed by atoms with Gasteiger partial charge in [-0.05, 0) is 71.7 Å². The van der Waals surface area contributed by atoms with Gasteiger partial charge in [0.1, 0.15) is 15.1 Å². The topological polar surface area (TPSA) is 77.3 Å². The number of halogens is 3. The van der Waals surface area contributed by atoms with Crippen LogP contribution in [0.5, 0.6) is 0 Å². The largest absolute Gasteiger partial charge is 0.248 e. The highest BCUT2D eigenvalue weighted by atomic mass is 35.5. The zero-order chi connectivity index (χ0) is 20.9. The van der Waals surface area contributed by atoms with E-state index in [0.717, 1.165) is 0 Å². The lowest BCUT2D eigenvalue weighted by molar-refractivity contribution is 0.715. The van der Waals surface area contributed by atoms with Gasteiger partial charge in [0.25, 0.3) is 0 Å². The predicted octanol–water partition coefficient (Wildman–Crippen LogP) is 6.47. The molecule has 6 nitrogen and oxygen atoms in total. The fraction of sp³-hybridized carbons (Fsp3) is 0. The first-order chi connectivity index (χ1) is 14.6. The second-order valence-electron chi connectivity index (χ2n) is 5.36. The van der Waals surface area contributed by atoms with Crippen molar-refractivity contribution >= 4 is 70.1 Å². The molecule has 0 amide bonds. The molecule has 0 saturated carbocycles. The normalized spacial score (nSPS) is 10.9. The van der Waals surface area contributed by atoms with Crippen molar-refractivity contribution in [3.63, 3.8) is 0 Å². The molecule has 30 heavy (non-hydrogen) atoms. The van der Waals surface area contributed by atoms with Crippen LogP contribution < -0.4 is 0 Å². The van der Waals surface area contributed by atoms with Crippen molar-refractivity contribution in [1.29, 1.82) is 0 Å². The van der Waals surface area contributed by atoms with Crippen molar-refractivity contribution < 1.29 is 0 Å². The van der Waals surface area contributed by atoms with Crippen LogP contribution in [0.25, 0.3) is 0 Å². The molecule has 12 heteroatoms. The third-order valence-corrected chi connectivity index (χ3v) is 7.21. The maximum Gasteiger partial charge on any atom is 0.199 e. The minimum absolute atomic E-state index is 0.426. The SMILES string of the molecule is Clc1cccnc1Sc1nc(Sc2ncccc2Cl)nc(Sc2ncccc2Cl)n1. The van der Waals surface area contributed by atoms with E-state index < -0.39 is 0 Å². The second kappa shape index (κ2) is 10.1. The average Bonchev–Trinajstić information content (AvgIpc) is 2.73. The minimum Gasteiger partial charge on any atom is -0.248 e. The Labute approximate surface area is 199 Å². The van der Waals surface area contributed by atoms with E-state index in [1.807, 2.05) is 0 Å². The van der Waals surface area contributed by atoms with Gasteiger partial charge in [-0.2, -0.15) is 15.0 Å². The van der Waals surface area contributed by atoms with Gasteiger partial charge < -0.3 is 0 Å². The van der Waals surface area contributed by atoms with Gasteiger partial charge in [-0.15, -0.1) is 0 Å². The van der Waals surface area contributed by atoms with Gasteiger partial charge in [0.2, 0.25) is 0 Å². The van der Waals surface area contributed by atoms with Crippen molar-refractivity contribution in [2.75, 3.05) is 0 Å². The smallest absolute Gasteiger partial charge is 0.199 e. The van der Waals surface area contributed by atoms with Crippen LogP contribution in [0.4, 0.5) is 0 Å². The number of rotatable bonds is 6. The standard InChI is InChI=1S/C18H9Cl3N6S3/c19-10-4-1-7-22-13(10)28-16-25-17(29-14-11(20)5-2-8-23-14)27-18(26-16)30-15-12(21)6-3-9-24-15/h1-9H. The minimum atomic E-state index is 0.426. The fourth-order valence-electron chi connectivity index (χ4n) is 2.06. The maximum atomic E-state index is 6.23. The highest BCUT2D eigenvalue weighted by Gasteiger charge is 2.15. The summed E-state index contributed by atoms with van der Waals surface area (Å²) in [6.45, 7) is 0. The van der Waals surface area contributed by atoms with Crippen LogP contribution in [0.3, 0.4) is 0 Å². The summed E-state index contributed by atoms with van der Waals surface area (Å²) in [6.07, 6.45) is 4.96. The molecule has 0 atom stereocenters. The van der Waals surface area contributed by atoms with Gasteiger partial charge in [-0.1, -0.05) is 34.8 Å². The molecule has 0 unspecified atom stereocenters. The van der Waals surface area contributed by atoms with Crippen LogP contribution in [0.1, 0.15) is 0 Å². The molecule has 0 bridgehead atoms. The molecule has 0 radical (unpaired) electrons. The molecule has 0 fully saturated rings. The van der Waals surface area contributed by atoms with Crippen molar-refractivity contribution in [2.45, 2.75) is 30.5 Å². The third kappa shape index (κ3) is 5.54. The molecular weight excluding hydrogens is 503 g/mol. The lowest BCUT2D eigenvalue weighted by atomic mass is 10.5. The van der Waals surface area contributed by atoms with E-state index in [9.17, 15) is 0 Å². The number of pyridine rings is 3. The lowest BCUT2D eigenvalue weighted by Gasteiger charge is -2.07. The monoisotopic (exact) mass is 510 g/mol. The van der Waals surface area contributed by atoms with Gasteiger partial charge in [0.15, 0.2) is 15.5 Å². The predicted molar refractivity (Wildman–Crippen MR) is 120 cm³/mol. The molecule has 0 aromatic carbocycles. The van der Waals surface area contributed by atoms with Crippen molar-refractivity contribution in [3.05, 3.63) is 70.1 Å². The van der Waals surface area contributed by atoms with Crippen LogP contribution in [-0.2, 0) is 0 Å². The maximum absolute atomic E-state index is 6.23. The Kier molecular flexibility index (Phi) is 7.29. The Hall–Kier alpha value is -1.62. The summed E-state index contributed by atoms with van der Waals surface area (Å²) in [4.78, 5) is 26.4. The molecule has 0 aliphatic carbocycles. The number of hydrogen-bond donors (Lipinski definition) is 0. The molecular formula is C18H9Cl3N6S3. The fourth-order valence-corrected chi connectivity index (χ4v) is 5.09. The van der Waals surface area contributed by atoms with Gasteiger partial charge >= 0.3 is 0 Å². The highest BCUT2D eigenvalue weighted by Crippen LogP contribution is 2.36. The van der Waals surface area contributed by atoms with Crippen LogP contribution in [-0.4, -0.2) is 29.9 Å². The Morgan fingerprint density at radius 3 is 1.07 bits per heavy atom. The Balaban J connectivity index is 1.70. The summed E-state index contributed by atoms with van der Waals surface area (Å²) in [6, 6.07) is 10.5. The Bertz CT molecular complexity index is 1040. The van der Waals surface area contributed by atoms with Gasteiger partial charge in [0, 0.05) is 18.6 Å². The van der Waals surface area contributed by atoms with Gasteiger partial charge in [0.05, 0.1) is 15.1 Å². The van der Waals surface area contributed by atoms with Crippen LogP contribution in [0, 0.1) is 0 Å². The van der Waals surface area contributed by atoms with Crippen molar-refractivity contribution in [2.24, 2.45) is 0 Å². The highest BCUT2D eigenvalue weighted by molar-refractivity contribution is 8.00. The van der Waals surface area contributed by atoms with E-state index in [-0.39, 0.29) is 0 Å². The summed E-state index contributed by atoms with van der Waals surface area (Å²) in [5.74, 6) is 0. The van der Waals surface area contributed by atoms with E-state index in [2.05, 4.69) is 29.9 Å². The van der Waals surface area contributed by atoms with Gasteiger partial charge in [-0.3, -0.25) is 0 Å². The molecule has 0 spiro atoms. The van der Waals surface area contributed by atoms with Crippen LogP contribution in [0.2, 0.25) is 15.1 Å².